The normalized spacial score (nSPS) is 11.4. The van der Waals surface area contributed by atoms with Crippen LogP contribution in [0.15, 0.2) is 42.5 Å². The molecule has 1 amide bonds. The number of hydrogen-bond acceptors (Lipinski definition) is 6. The van der Waals surface area contributed by atoms with Gasteiger partial charge < -0.3 is 25.3 Å². The van der Waals surface area contributed by atoms with Gasteiger partial charge in [-0.3, -0.25) is 15.0 Å². The van der Waals surface area contributed by atoms with Crippen LogP contribution in [0.5, 0.6) is 11.5 Å². The molecule has 0 spiro atoms. The highest BCUT2D eigenvalue weighted by atomic mass is 16.5. The van der Waals surface area contributed by atoms with Crippen molar-refractivity contribution >= 4 is 17.7 Å². The summed E-state index contributed by atoms with van der Waals surface area (Å²) < 4.78 is 15.7. The quantitative estimate of drug-likeness (QED) is 0.184. The van der Waals surface area contributed by atoms with Gasteiger partial charge in [-0.1, -0.05) is 30.3 Å². The minimum absolute atomic E-state index is 0.0254. The van der Waals surface area contributed by atoms with Gasteiger partial charge in [-0.15, -0.1) is 0 Å². The molecule has 1 atom stereocenters. The summed E-state index contributed by atoms with van der Waals surface area (Å²) in [5.74, 6) is 0.621. The minimum atomic E-state index is -0.532. The van der Waals surface area contributed by atoms with Gasteiger partial charge in [0.15, 0.2) is 11.5 Å². The van der Waals surface area contributed by atoms with E-state index in [4.69, 9.17) is 25.4 Å². The molecule has 178 valence electrons. The zero-order valence-corrected chi connectivity index (χ0v) is 19.5. The second-order valence-corrected chi connectivity index (χ2v) is 7.56. The number of nitrogens with one attached hydrogen (secondary N) is 2. The highest BCUT2D eigenvalue weighted by Crippen LogP contribution is 2.31. The molecule has 0 aromatic heterocycles. The first-order chi connectivity index (χ1) is 15.9. The van der Waals surface area contributed by atoms with Crippen LogP contribution in [0.4, 0.5) is 0 Å². The van der Waals surface area contributed by atoms with Crippen molar-refractivity contribution in [3.8, 4) is 11.5 Å². The maximum absolute atomic E-state index is 12.6. The molecule has 2 aromatic rings. The van der Waals surface area contributed by atoms with Gasteiger partial charge in [0.2, 0.25) is 5.91 Å². The van der Waals surface area contributed by atoms with E-state index in [0.717, 1.165) is 24.0 Å². The van der Waals surface area contributed by atoms with Crippen molar-refractivity contribution in [2.45, 2.75) is 45.1 Å². The third-order valence-corrected chi connectivity index (χ3v) is 5.21. The number of ether oxygens (including phenoxy) is 3. The van der Waals surface area contributed by atoms with E-state index < -0.39 is 6.04 Å². The summed E-state index contributed by atoms with van der Waals surface area (Å²) in [6, 6.07) is 12.3. The SMILES string of the molecule is CCOC(=O)CC(NC(=O)CCCCc1ccc(C(=N)N)cc1)c1ccc(OC)c(OC)c1. The second kappa shape index (κ2) is 13.1. The molecule has 0 aliphatic rings. The lowest BCUT2D eigenvalue weighted by atomic mass is 10.0. The topological polar surface area (TPSA) is 124 Å². The number of hydrogen-bond donors (Lipinski definition) is 3. The number of amidine groups is 1. The molecule has 8 heteroatoms. The van der Waals surface area contributed by atoms with Crippen molar-refractivity contribution in [2.75, 3.05) is 20.8 Å². The van der Waals surface area contributed by atoms with Crippen molar-refractivity contribution in [1.29, 1.82) is 5.41 Å². The number of carbonyl (C=O) groups is 2. The fraction of sp³-hybridized carbons (Fsp3) is 0.400. The molecular formula is C25H33N3O5. The molecule has 0 saturated heterocycles. The lowest BCUT2D eigenvalue weighted by Crippen LogP contribution is -2.30. The molecule has 4 N–H and O–H groups in total. The van der Waals surface area contributed by atoms with E-state index >= 15 is 0 Å². The molecule has 0 heterocycles. The molecule has 2 rings (SSSR count). The molecule has 33 heavy (non-hydrogen) atoms. The van der Waals surface area contributed by atoms with E-state index in [2.05, 4.69) is 5.32 Å². The number of benzene rings is 2. The molecule has 0 radical (unpaired) electrons. The number of nitrogens with two attached hydrogens (primary N) is 1. The molecule has 0 aliphatic carbocycles. The van der Waals surface area contributed by atoms with Gasteiger partial charge in [0.05, 0.1) is 33.3 Å². The number of unbranched alkanes of at least 4 members (excludes halogenated alkanes) is 1. The Kier molecular flexibility index (Phi) is 10.2. The lowest BCUT2D eigenvalue weighted by molar-refractivity contribution is -0.143. The number of esters is 1. The van der Waals surface area contributed by atoms with Gasteiger partial charge in [0.1, 0.15) is 5.84 Å². The maximum atomic E-state index is 12.6. The largest absolute Gasteiger partial charge is 0.493 e. The monoisotopic (exact) mass is 455 g/mol. The van der Waals surface area contributed by atoms with Crippen molar-refractivity contribution in [3.63, 3.8) is 0 Å². The van der Waals surface area contributed by atoms with Gasteiger partial charge >= 0.3 is 5.97 Å². The number of amides is 1. The van der Waals surface area contributed by atoms with Crippen LogP contribution in [0.3, 0.4) is 0 Å². The highest BCUT2D eigenvalue weighted by Gasteiger charge is 2.21. The van der Waals surface area contributed by atoms with Crippen LogP contribution in [0.1, 0.15) is 55.3 Å². The smallest absolute Gasteiger partial charge is 0.308 e. The molecule has 0 saturated carbocycles. The van der Waals surface area contributed by atoms with Crippen LogP contribution >= 0.6 is 0 Å². The van der Waals surface area contributed by atoms with Gasteiger partial charge in [0, 0.05) is 12.0 Å². The number of nitrogen functional groups attached to an aromatic ring is 1. The number of rotatable bonds is 13. The maximum Gasteiger partial charge on any atom is 0.308 e. The Labute approximate surface area is 194 Å². The number of carbonyl (C=O) groups excluding carboxylic acids is 2. The van der Waals surface area contributed by atoms with Crippen LogP contribution in [0.2, 0.25) is 0 Å². The highest BCUT2D eigenvalue weighted by molar-refractivity contribution is 5.94. The average Bonchev–Trinajstić information content (AvgIpc) is 2.81. The summed E-state index contributed by atoms with van der Waals surface area (Å²) in [7, 11) is 3.08. The average molecular weight is 456 g/mol. The third kappa shape index (κ3) is 8.14. The Bertz CT molecular complexity index is 944. The van der Waals surface area contributed by atoms with Crippen molar-refractivity contribution in [1.82, 2.24) is 5.32 Å². The summed E-state index contributed by atoms with van der Waals surface area (Å²) in [5.41, 5.74) is 8.04. The minimum Gasteiger partial charge on any atom is -0.493 e. The first-order valence-electron chi connectivity index (χ1n) is 11.0. The second-order valence-electron chi connectivity index (χ2n) is 7.56. The first-order valence-corrected chi connectivity index (χ1v) is 11.0. The van der Waals surface area contributed by atoms with Gasteiger partial charge in [-0.05, 0) is 49.4 Å². The zero-order valence-electron chi connectivity index (χ0n) is 19.5. The molecule has 0 fully saturated rings. The summed E-state index contributed by atoms with van der Waals surface area (Å²) in [6.45, 7) is 2.02. The van der Waals surface area contributed by atoms with Gasteiger partial charge in [-0.2, -0.15) is 0 Å². The summed E-state index contributed by atoms with van der Waals surface area (Å²) >= 11 is 0. The number of methoxy groups -OCH3 is 2. The Balaban J connectivity index is 1.95. The van der Waals surface area contributed by atoms with E-state index in [0.29, 0.717) is 29.9 Å². The van der Waals surface area contributed by atoms with Crippen molar-refractivity contribution < 1.29 is 23.8 Å². The molecule has 0 bridgehead atoms. The Hall–Kier alpha value is -3.55. The summed E-state index contributed by atoms with van der Waals surface area (Å²) in [6.07, 6.45) is 2.74. The van der Waals surface area contributed by atoms with Crippen LogP contribution in [0.25, 0.3) is 0 Å². The van der Waals surface area contributed by atoms with Crippen LogP contribution in [-0.4, -0.2) is 38.5 Å². The van der Waals surface area contributed by atoms with E-state index in [9.17, 15) is 9.59 Å². The van der Waals surface area contributed by atoms with E-state index in [1.54, 1.807) is 32.2 Å². The molecule has 0 aliphatic heterocycles. The van der Waals surface area contributed by atoms with Gasteiger partial charge in [0.25, 0.3) is 0 Å². The Morgan fingerprint density at radius 2 is 1.73 bits per heavy atom. The lowest BCUT2D eigenvalue weighted by Gasteiger charge is -2.20. The number of aryl methyl sites for hydroxylation is 1. The van der Waals surface area contributed by atoms with Crippen LogP contribution in [-0.2, 0) is 20.7 Å². The Morgan fingerprint density at radius 1 is 1.03 bits per heavy atom. The fourth-order valence-corrected chi connectivity index (χ4v) is 3.44. The third-order valence-electron chi connectivity index (χ3n) is 5.21. The van der Waals surface area contributed by atoms with E-state index in [1.165, 1.54) is 7.11 Å². The summed E-state index contributed by atoms with van der Waals surface area (Å²) in [5, 5.41) is 10.4. The van der Waals surface area contributed by atoms with E-state index in [-0.39, 0.29) is 30.7 Å². The van der Waals surface area contributed by atoms with Crippen LogP contribution in [0, 0.1) is 5.41 Å². The van der Waals surface area contributed by atoms with Gasteiger partial charge in [-0.25, -0.2) is 0 Å². The van der Waals surface area contributed by atoms with Crippen LogP contribution < -0.4 is 20.5 Å². The predicted octanol–water partition coefficient (Wildman–Crippen LogP) is 3.51. The fourth-order valence-electron chi connectivity index (χ4n) is 3.44. The molecule has 2 aromatic carbocycles. The molecule has 8 nitrogen and oxygen atoms in total. The molecular weight excluding hydrogens is 422 g/mol. The standard InChI is InChI=1S/C25H33N3O5/c1-4-33-24(30)16-20(19-13-14-21(31-2)22(15-19)32-3)28-23(29)8-6-5-7-17-9-11-18(12-10-17)25(26)27/h9-15,20H,4-8,16H2,1-3H3,(H3,26,27)(H,28,29). The zero-order chi connectivity index (χ0) is 24.2. The van der Waals surface area contributed by atoms with Crippen molar-refractivity contribution in [3.05, 3.63) is 59.2 Å². The predicted molar refractivity (Wildman–Crippen MR) is 127 cm³/mol. The summed E-state index contributed by atoms with van der Waals surface area (Å²) in [4.78, 5) is 24.7. The molecule has 1 unspecified atom stereocenters. The van der Waals surface area contributed by atoms with Crippen molar-refractivity contribution in [2.24, 2.45) is 5.73 Å². The first kappa shape index (κ1) is 25.7. The Morgan fingerprint density at radius 3 is 2.33 bits per heavy atom. The van der Waals surface area contributed by atoms with E-state index in [1.807, 2.05) is 24.3 Å².